The predicted molar refractivity (Wildman–Crippen MR) is 103 cm³/mol. The quantitative estimate of drug-likeness (QED) is 0.548. The average Bonchev–Trinajstić information content (AvgIpc) is 3.03. The SMILES string of the molecule is Clc1ccc(-n2nc(-c3ccc(Cl)s3)c3c2NCCCC3)c(Cl)c1. The first-order valence-corrected chi connectivity index (χ1v) is 9.65. The van der Waals surface area contributed by atoms with E-state index >= 15 is 0 Å². The highest BCUT2D eigenvalue weighted by Crippen LogP contribution is 2.39. The molecular formula is C17H14Cl3N3S. The molecule has 1 aromatic carbocycles. The first-order chi connectivity index (χ1) is 11.6. The summed E-state index contributed by atoms with van der Waals surface area (Å²) in [7, 11) is 0. The molecule has 0 atom stereocenters. The molecule has 3 nitrogen and oxygen atoms in total. The van der Waals surface area contributed by atoms with Crippen LogP contribution in [0.4, 0.5) is 5.82 Å². The highest BCUT2D eigenvalue weighted by molar-refractivity contribution is 7.19. The van der Waals surface area contributed by atoms with Crippen LogP contribution in [0.3, 0.4) is 0 Å². The number of halogens is 3. The Morgan fingerprint density at radius 3 is 2.71 bits per heavy atom. The van der Waals surface area contributed by atoms with Crippen LogP contribution in [0.1, 0.15) is 18.4 Å². The Morgan fingerprint density at radius 2 is 1.96 bits per heavy atom. The third-order valence-electron chi connectivity index (χ3n) is 4.07. The fourth-order valence-corrected chi connectivity index (χ4v) is 4.51. The zero-order valence-corrected chi connectivity index (χ0v) is 15.7. The number of thiophene rings is 1. The van der Waals surface area contributed by atoms with Crippen molar-refractivity contribution in [2.45, 2.75) is 19.3 Å². The van der Waals surface area contributed by atoms with Gasteiger partial charge < -0.3 is 5.32 Å². The molecule has 0 saturated heterocycles. The van der Waals surface area contributed by atoms with Crippen LogP contribution in [-0.4, -0.2) is 16.3 Å². The molecule has 0 amide bonds. The Bertz CT molecular complexity index is 901. The molecule has 0 saturated carbocycles. The molecule has 4 rings (SSSR count). The zero-order valence-electron chi connectivity index (χ0n) is 12.7. The van der Waals surface area contributed by atoms with E-state index in [4.69, 9.17) is 39.9 Å². The third-order valence-corrected chi connectivity index (χ3v) is 5.85. The second-order valence-electron chi connectivity index (χ2n) is 5.67. The highest BCUT2D eigenvalue weighted by atomic mass is 35.5. The Balaban J connectivity index is 1.92. The molecule has 124 valence electrons. The van der Waals surface area contributed by atoms with Gasteiger partial charge in [-0.3, -0.25) is 0 Å². The summed E-state index contributed by atoms with van der Waals surface area (Å²) in [6, 6.07) is 9.40. The normalized spacial score (nSPS) is 14.1. The maximum Gasteiger partial charge on any atom is 0.133 e. The first kappa shape index (κ1) is 16.3. The summed E-state index contributed by atoms with van der Waals surface area (Å²) < 4.78 is 2.65. The molecule has 0 bridgehead atoms. The van der Waals surface area contributed by atoms with E-state index in [2.05, 4.69) is 5.32 Å². The molecule has 0 unspecified atom stereocenters. The van der Waals surface area contributed by atoms with E-state index < -0.39 is 0 Å². The lowest BCUT2D eigenvalue weighted by atomic mass is 10.1. The van der Waals surface area contributed by atoms with Crippen LogP contribution in [0.15, 0.2) is 30.3 Å². The number of nitrogens with one attached hydrogen (secondary N) is 1. The summed E-state index contributed by atoms with van der Waals surface area (Å²) in [5, 5.41) is 9.56. The van der Waals surface area contributed by atoms with Crippen LogP contribution in [0, 0.1) is 0 Å². The Hall–Kier alpha value is -1.20. The second kappa shape index (κ2) is 6.60. The van der Waals surface area contributed by atoms with Crippen molar-refractivity contribution in [2.24, 2.45) is 0 Å². The molecule has 3 aromatic rings. The van der Waals surface area contributed by atoms with Gasteiger partial charge in [0, 0.05) is 17.1 Å². The number of rotatable bonds is 2. The number of fused-ring (bicyclic) bond motifs is 1. The number of benzene rings is 1. The number of aromatic nitrogens is 2. The molecule has 0 spiro atoms. The molecule has 0 aliphatic carbocycles. The maximum atomic E-state index is 6.42. The average molecular weight is 399 g/mol. The summed E-state index contributed by atoms with van der Waals surface area (Å²) in [6.07, 6.45) is 3.25. The minimum atomic E-state index is 0.578. The summed E-state index contributed by atoms with van der Waals surface area (Å²) in [5.41, 5.74) is 3.01. The number of hydrogen-bond donors (Lipinski definition) is 1. The topological polar surface area (TPSA) is 29.9 Å². The number of anilines is 1. The molecule has 1 N–H and O–H groups in total. The van der Waals surface area contributed by atoms with Crippen LogP contribution < -0.4 is 5.32 Å². The first-order valence-electron chi connectivity index (χ1n) is 7.70. The minimum Gasteiger partial charge on any atom is -0.370 e. The fourth-order valence-electron chi connectivity index (χ4n) is 2.97. The molecule has 1 aliphatic rings. The monoisotopic (exact) mass is 397 g/mol. The van der Waals surface area contributed by atoms with Gasteiger partial charge in [-0.25, -0.2) is 4.68 Å². The van der Waals surface area contributed by atoms with E-state index in [9.17, 15) is 0 Å². The fraction of sp³-hybridized carbons (Fsp3) is 0.235. The summed E-state index contributed by atoms with van der Waals surface area (Å²) in [5.74, 6) is 1.01. The highest BCUT2D eigenvalue weighted by Gasteiger charge is 2.23. The van der Waals surface area contributed by atoms with E-state index in [-0.39, 0.29) is 0 Å². The van der Waals surface area contributed by atoms with Gasteiger partial charge in [-0.05, 0) is 49.6 Å². The van der Waals surface area contributed by atoms with Gasteiger partial charge in [0.2, 0.25) is 0 Å². The molecule has 0 radical (unpaired) electrons. The largest absolute Gasteiger partial charge is 0.370 e. The molecule has 7 heteroatoms. The minimum absolute atomic E-state index is 0.578. The molecular weight excluding hydrogens is 385 g/mol. The molecule has 2 aromatic heterocycles. The van der Waals surface area contributed by atoms with Gasteiger partial charge >= 0.3 is 0 Å². The summed E-state index contributed by atoms with van der Waals surface area (Å²) in [4.78, 5) is 1.07. The molecule has 24 heavy (non-hydrogen) atoms. The maximum absolute atomic E-state index is 6.42. The Labute approximate surface area is 159 Å². The van der Waals surface area contributed by atoms with E-state index in [1.165, 1.54) is 5.56 Å². The van der Waals surface area contributed by atoms with Crippen molar-refractivity contribution >= 4 is 52.0 Å². The Morgan fingerprint density at radius 1 is 1.08 bits per heavy atom. The third kappa shape index (κ3) is 2.93. The number of nitrogens with zero attached hydrogens (tertiary/aromatic N) is 2. The van der Waals surface area contributed by atoms with Gasteiger partial charge in [-0.2, -0.15) is 5.10 Å². The molecule has 1 aliphatic heterocycles. The second-order valence-corrected chi connectivity index (χ2v) is 8.23. The van der Waals surface area contributed by atoms with Gasteiger partial charge in [0.15, 0.2) is 0 Å². The van der Waals surface area contributed by atoms with E-state index in [1.807, 2.05) is 28.9 Å². The van der Waals surface area contributed by atoms with E-state index in [0.717, 1.165) is 52.2 Å². The van der Waals surface area contributed by atoms with Gasteiger partial charge in [-0.15, -0.1) is 11.3 Å². The summed E-state index contributed by atoms with van der Waals surface area (Å²) in [6.45, 7) is 0.925. The standard InChI is InChI=1S/C17H14Cl3N3S/c18-10-4-5-13(12(19)9-10)23-17-11(3-1-2-8-21-17)16(22-23)14-6-7-15(20)24-14/h4-7,9,21H,1-3,8H2. The summed E-state index contributed by atoms with van der Waals surface area (Å²) >= 11 is 20.1. The van der Waals surface area contributed by atoms with Crippen molar-refractivity contribution in [3.05, 3.63) is 50.3 Å². The van der Waals surface area contributed by atoms with Crippen molar-refractivity contribution in [3.8, 4) is 16.3 Å². The van der Waals surface area contributed by atoms with Crippen molar-refractivity contribution < 1.29 is 0 Å². The van der Waals surface area contributed by atoms with Crippen LogP contribution in [-0.2, 0) is 6.42 Å². The molecule has 0 fully saturated rings. The smallest absolute Gasteiger partial charge is 0.133 e. The van der Waals surface area contributed by atoms with Crippen molar-refractivity contribution in [1.82, 2.24) is 9.78 Å². The lowest BCUT2D eigenvalue weighted by molar-refractivity contribution is 0.780. The van der Waals surface area contributed by atoms with Gasteiger partial charge in [0.1, 0.15) is 11.5 Å². The van der Waals surface area contributed by atoms with Crippen LogP contribution in [0.25, 0.3) is 16.3 Å². The van der Waals surface area contributed by atoms with Crippen LogP contribution >= 0.6 is 46.1 Å². The lowest BCUT2D eigenvalue weighted by Crippen LogP contribution is -2.07. The van der Waals surface area contributed by atoms with Gasteiger partial charge in [-0.1, -0.05) is 34.8 Å². The number of hydrogen-bond acceptors (Lipinski definition) is 3. The van der Waals surface area contributed by atoms with Gasteiger partial charge in [0.25, 0.3) is 0 Å². The molecule has 3 heterocycles. The van der Waals surface area contributed by atoms with E-state index in [1.54, 1.807) is 17.4 Å². The zero-order chi connectivity index (χ0) is 16.7. The van der Waals surface area contributed by atoms with E-state index in [0.29, 0.717) is 10.0 Å². The predicted octanol–water partition coefficient (Wildman–Crippen LogP) is 6.31. The van der Waals surface area contributed by atoms with Crippen LogP contribution in [0.5, 0.6) is 0 Å². The van der Waals surface area contributed by atoms with Crippen molar-refractivity contribution in [2.75, 3.05) is 11.9 Å². The van der Waals surface area contributed by atoms with Crippen molar-refractivity contribution in [3.63, 3.8) is 0 Å². The Kier molecular flexibility index (Phi) is 4.48. The van der Waals surface area contributed by atoms with Crippen molar-refractivity contribution in [1.29, 1.82) is 0 Å². The lowest BCUT2D eigenvalue weighted by Gasteiger charge is -2.10. The van der Waals surface area contributed by atoms with Gasteiger partial charge in [0.05, 0.1) is 19.9 Å². The van der Waals surface area contributed by atoms with Crippen LogP contribution in [0.2, 0.25) is 14.4 Å².